The first-order valence-corrected chi connectivity index (χ1v) is 10.3. The Balaban J connectivity index is 0.00000289. The van der Waals surface area contributed by atoms with Crippen molar-refractivity contribution in [2.45, 2.75) is 19.6 Å². The zero-order valence-corrected chi connectivity index (χ0v) is 20.6. The molecular formula is C24H28IN7. The number of aromatic amines is 1. The third-order valence-electron chi connectivity index (χ3n) is 5.08. The summed E-state index contributed by atoms with van der Waals surface area (Å²) in [5, 5.41) is 3.41. The number of aliphatic imine (C=N–C) groups is 1. The summed E-state index contributed by atoms with van der Waals surface area (Å²) >= 11 is 0. The van der Waals surface area contributed by atoms with E-state index in [1.54, 1.807) is 7.05 Å². The summed E-state index contributed by atoms with van der Waals surface area (Å²) in [7, 11) is 3.78. The minimum atomic E-state index is 0. The van der Waals surface area contributed by atoms with Crippen LogP contribution in [0, 0.1) is 0 Å². The van der Waals surface area contributed by atoms with Crippen LogP contribution in [-0.4, -0.2) is 44.5 Å². The Labute approximate surface area is 205 Å². The lowest BCUT2D eigenvalue weighted by Crippen LogP contribution is -2.38. The smallest absolute Gasteiger partial charge is 0.194 e. The van der Waals surface area contributed by atoms with E-state index in [9.17, 15) is 0 Å². The Morgan fingerprint density at radius 2 is 1.78 bits per heavy atom. The minimum Gasteiger partial charge on any atom is -0.349 e. The van der Waals surface area contributed by atoms with E-state index in [2.05, 4.69) is 66.2 Å². The predicted octanol–water partition coefficient (Wildman–Crippen LogP) is 4.15. The lowest BCUT2D eigenvalue weighted by atomic mass is 10.2. The largest absolute Gasteiger partial charge is 0.349 e. The molecule has 4 aromatic rings. The Kier molecular flexibility index (Phi) is 8.43. The van der Waals surface area contributed by atoms with E-state index in [0.717, 1.165) is 35.4 Å². The van der Waals surface area contributed by atoms with Gasteiger partial charge < -0.3 is 19.8 Å². The highest BCUT2D eigenvalue weighted by molar-refractivity contribution is 14.0. The van der Waals surface area contributed by atoms with E-state index >= 15 is 0 Å². The summed E-state index contributed by atoms with van der Waals surface area (Å²) < 4.78 is 2.15. The van der Waals surface area contributed by atoms with Crippen molar-refractivity contribution in [3.05, 3.63) is 96.5 Å². The molecule has 166 valence electrons. The summed E-state index contributed by atoms with van der Waals surface area (Å²) in [5.74, 6) is 2.63. The maximum absolute atomic E-state index is 4.52. The second kappa shape index (κ2) is 11.5. The second-order valence-electron chi connectivity index (χ2n) is 7.32. The first-order valence-electron chi connectivity index (χ1n) is 10.3. The van der Waals surface area contributed by atoms with E-state index in [-0.39, 0.29) is 24.0 Å². The highest BCUT2D eigenvalue weighted by Crippen LogP contribution is 2.16. The molecule has 2 heterocycles. The molecule has 0 unspecified atom stereocenters. The Morgan fingerprint density at radius 1 is 1.06 bits per heavy atom. The van der Waals surface area contributed by atoms with E-state index in [1.165, 1.54) is 5.56 Å². The maximum atomic E-state index is 4.52. The standard InChI is InChI=1S/C24H27N7.HI/c1-25-24(28-16-23-26-13-14-31(23)17-19-9-5-3-6-10-19)30(2)18-22-27-15-21(29-22)20-11-7-4-8-12-20;/h3-15H,16-18H2,1-2H3,(H,25,28)(H,27,29);1H. The molecule has 2 aromatic carbocycles. The Hall–Kier alpha value is -3.14. The van der Waals surface area contributed by atoms with E-state index in [0.29, 0.717) is 13.1 Å². The average molecular weight is 541 g/mol. The van der Waals surface area contributed by atoms with Gasteiger partial charge in [0.25, 0.3) is 0 Å². The van der Waals surface area contributed by atoms with Gasteiger partial charge in [-0.05, 0) is 11.1 Å². The molecule has 0 aliphatic carbocycles. The van der Waals surface area contributed by atoms with Crippen LogP contribution in [0.4, 0.5) is 0 Å². The fraction of sp³-hybridized carbons (Fsp3) is 0.208. The fourth-order valence-electron chi connectivity index (χ4n) is 3.48. The van der Waals surface area contributed by atoms with Gasteiger partial charge in [0.1, 0.15) is 11.6 Å². The van der Waals surface area contributed by atoms with Crippen molar-refractivity contribution < 1.29 is 0 Å². The Bertz CT molecular complexity index is 1120. The quantitative estimate of drug-likeness (QED) is 0.210. The van der Waals surface area contributed by atoms with Crippen molar-refractivity contribution in [2.75, 3.05) is 14.1 Å². The third-order valence-corrected chi connectivity index (χ3v) is 5.08. The molecule has 7 nitrogen and oxygen atoms in total. The number of nitrogens with one attached hydrogen (secondary N) is 2. The summed E-state index contributed by atoms with van der Waals surface area (Å²) in [6.07, 6.45) is 5.71. The number of aromatic nitrogens is 4. The molecule has 0 spiro atoms. The van der Waals surface area contributed by atoms with Crippen molar-refractivity contribution >= 4 is 29.9 Å². The van der Waals surface area contributed by atoms with E-state index < -0.39 is 0 Å². The lowest BCUT2D eigenvalue weighted by Gasteiger charge is -2.21. The van der Waals surface area contributed by atoms with Crippen molar-refractivity contribution in [3.8, 4) is 11.3 Å². The number of H-pyrrole nitrogens is 1. The minimum absolute atomic E-state index is 0. The zero-order valence-electron chi connectivity index (χ0n) is 18.3. The van der Waals surface area contributed by atoms with Crippen LogP contribution in [0.3, 0.4) is 0 Å². The lowest BCUT2D eigenvalue weighted by molar-refractivity contribution is 0.461. The molecule has 0 aliphatic rings. The van der Waals surface area contributed by atoms with Gasteiger partial charge in [0.05, 0.1) is 25.0 Å². The molecule has 32 heavy (non-hydrogen) atoms. The van der Waals surface area contributed by atoms with Crippen LogP contribution in [-0.2, 0) is 19.6 Å². The van der Waals surface area contributed by atoms with Gasteiger partial charge in [-0.3, -0.25) is 4.99 Å². The van der Waals surface area contributed by atoms with Gasteiger partial charge in [-0.1, -0.05) is 60.7 Å². The highest BCUT2D eigenvalue weighted by Gasteiger charge is 2.11. The summed E-state index contributed by atoms with van der Waals surface area (Å²) in [4.78, 5) is 18.9. The van der Waals surface area contributed by atoms with Gasteiger partial charge >= 0.3 is 0 Å². The van der Waals surface area contributed by atoms with E-state index in [4.69, 9.17) is 0 Å². The molecule has 0 saturated heterocycles. The molecule has 0 atom stereocenters. The van der Waals surface area contributed by atoms with Crippen LogP contribution < -0.4 is 5.32 Å². The molecule has 0 amide bonds. The second-order valence-corrected chi connectivity index (χ2v) is 7.32. The van der Waals surface area contributed by atoms with E-state index in [1.807, 2.05) is 54.8 Å². The number of benzene rings is 2. The first kappa shape index (κ1) is 23.5. The summed E-state index contributed by atoms with van der Waals surface area (Å²) in [6, 6.07) is 20.6. The Morgan fingerprint density at radius 3 is 2.50 bits per heavy atom. The maximum Gasteiger partial charge on any atom is 0.194 e. The van der Waals surface area contributed by atoms with Crippen LogP contribution in [0.5, 0.6) is 0 Å². The van der Waals surface area contributed by atoms with Crippen LogP contribution in [0.25, 0.3) is 11.3 Å². The molecular weight excluding hydrogens is 513 g/mol. The van der Waals surface area contributed by atoms with Crippen LogP contribution in [0.2, 0.25) is 0 Å². The van der Waals surface area contributed by atoms with Crippen molar-refractivity contribution in [2.24, 2.45) is 4.99 Å². The molecule has 0 aliphatic heterocycles. The molecule has 4 rings (SSSR count). The molecule has 2 aromatic heterocycles. The molecule has 8 heteroatoms. The summed E-state index contributed by atoms with van der Waals surface area (Å²) in [5.41, 5.74) is 3.38. The molecule has 0 radical (unpaired) electrons. The zero-order chi connectivity index (χ0) is 21.5. The van der Waals surface area contributed by atoms with Crippen molar-refractivity contribution in [1.82, 2.24) is 29.7 Å². The van der Waals surface area contributed by atoms with Gasteiger partial charge in [-0.15, -0.1) is 24.0 Å². The number of guanidine groups is 1. The number of hydrogen-bond donors (Lipinski definition) is 2. The van der Waals surface area contributed by atoms with Gasteiger partial charge in [0.2, 0.25) is 0 Å². The number of nitrogens with zero attached hydrogens (tertiary/aromatic N) is 5. The third kappa shape index (κ3) is 5.97. The molecule has 2 N–H and O–H groups in total. The molecule has 0 saturated carbocycles. The number of imidazole rings is 2. The van der Waals surface area contributed by atoms with Crippen molar-refractivity contribution in [1.29, 1.82) is 0 Å². The number of hydrogen-bond acceptors (Lipinski definition) is 3. The average Bonchev–Trinajstić information content (AvgIpc) is 3.45. The van der Waals surface area contributed by atoms with Gasteiger partial charge in [0, 0.05) is 33.0 Å². The van der Waals surface area contributed by atoms with Gasteiger partial charge in [0.15, 0.2) is 5.96 Å². The van der Waals surface area contributed by atoms with Crippen LogP contribution in [0.15, 0.2) is 84.2 Å². The fourth-order valence-corrected chi connectivity index (χ4v) is 3.48. The normalized spacial score (nSPS) is 11.1. The summed E-state index contributed by atoms with van der Waals surface area (Å²) in [6.45, 7) is 2.00. The van der Waals surface area contributed by atoms with Crippen LogP contribution >= 0.6 is 24.0 Å². The SMILES string of the molecule is CN=C(NCc1nccn1Cc1ccccc1)N(C)Cc1ncc(-c2ccccc2)[nH]1.I. The number of rotatable bonds is 7. The topological polar surface area (TPSA) is 74.1 Å². The van der Waals surface area contributed by atoms with Gasteiger partial charge in [-0.25, -0.2) is 9.97 Å². The van der Waals surface area contributed by atoms with Crippen molar-refractivity contribution in [3.63, 3.8) is 0 Å². The van der Waals surface area contributed by atoms with Gasteiger partial charge in [-0.2, -0.15) is 0 Å². The highest BCUT2D eigenvalue weighted by atomic mass is 127. The molecule has 0 fully saturated rings. The van der Waals surface area contributed by atoms with Crippen LogP contribution in [0.1, 0.15) is 17.2 Å². The monoisotopic (exact) mass is 541 g/mol. The predicted molar refractivity (Wildman–Crippen MR) is 139 cm³/mol. The number of halogens is 1. The molecule has 0 bridgehead atoms. The first-order chi connectivity index (χ1) is 15.2.